The van der Waals surface area contributed by atoms with Crippen LogP contribution in [-0.2, 0) is 23.0 Å². The van der Waals surface area contributed by atoms with Crippen LogP contribution in [0, 0.1) is 0 Å². The van der Waals surface area contributed by atoms with E-state index in [4.69, 9.17) is 5.11 Å². The minimum Gasteiger partial charge on any atom is -0.390 e. The Morgan fingerprint density at radius 1 is 1.57 bits per heavy atom. The number of hydrogen-bond acceptors (Lipinski definition) is 5. The monoisotopic (exact) mass is 219 g/mol. The van der Waals surface area contributed by atoms with Gasteiger partial charge in [-0.15, -0.1) is 5.10 Å². The highest BCUT2D eigenvalue weighted by Gasteiger charge is 2.08. The summed E-state index contributed by atoms with van der Waals surface area (Å²) in [6.45, 7) is 1.71. The van der Waals surface area contributed by atoms with E-state index in [0.29, 0.717) is 5.69 Å². The number of aliphatic hydroxyl groups is 1. The third-order valence-corrected chi connectivity index (χ3v) is 3.50. The van der Waals surface area contributed by atoms with Crippen molar-refractivity contribution < 1.29 is 13.5 Å². The molecule has 0 bridgehead atoms. The van der Waals surface area contributed by atoms with Crippen molar-refractivity contribution in [2.24, 2.45) is 0 Å². The molecule has 0 atom stereocenters. The van der Waals surface area contributed by atoms with E-state index in [1.165, 1.54) is 10.9 Å². The van der Waals surface area contributed by atoms with Crippen LogP contribution < -0.4 is 0 Å². The summed E-state index contributed by atoms with van der Waals surface area (Å²) in [6.07, 6.45) is 1.53. The summed E-state index contributed by atoms with van der Waals surface area (Å²) in [5.74, 6) is 0.187. The largest absolute Gasteiger partial charge is 0.390 e. The van der Waals surface area contributed by atoms with Crippen LogP contribution in [0.2, 0.25) is 0 Å². The molecule has 1 N–H and O–H groups in total. The van der Waals surface area contributed by atoms with Crippen LogP contribution in [0.15, 0.2) is 6.20 Å². The van der Waals surface area contributed by atoms with Crippen molar-refractivity contribution >= 4 is 9.84 Å². The van der Waals surface area contributed by atoms with E-state index in [0.717, 1.165) is 0 Å². The van der Waals surface area contributed by atoms with Gasteiger partial charge in [-0.3, -0.25) is 4.68 Å². The molecule has 0 spiro atoms. The quantitative estimate of drug-likeness (QED) is 0.701. The summed E-state index contributed by atoms with van der Waals surface area (Å²) in [4.78, 5) is 0. The second-order valence-corrected chi connectivity index (χ2v) is 5.34. The van der Waals surface area contributed by atoms with E-state index in [1.807, 2.05) is 0 Å². The summed E-state index contributed by atoms with van der Waals surface area (Å²) in [5, 5.41) is 16.0. The van der Waals surface area contributed by atoms with Gasteiger partial charge in [-0.05, 0) is 0 Å². The number of rotatable bonds is 5. The van der Waals surface area contributed by atoms with Crippen molar-refractivity contribution in [2.75, 3.05) is 11.5 Å². The summed E-state index contributed by atoms with van der Waals surface area (Å²) in [6, 6.07) is 0. The van der Waals surface area contributed by atoms with Crippen molar-refractivity contribution in [3.8, 4) is 0 Å². The van der Waals surface area contributed by atoms with Crippen LogP contribution >= 0.6 is 0 Å². The molecule has 0 fully saturated rings. The van der Waals surface area contributed by atoms with E-state index < -0.39 is 9.84 Å². The number of aromatic nitrogens is 3. The first-order chi connectivity index (χ1) is 6.57. The molecule has 14 heavy (non-hydrogen) atoms. The predicted octanol–water partition coefficient (Wildman–Crippen LogP) is -0.795. The number of aliphatic hydroxyl groups excluding tert-OH is 1. The van der Waals surface area contributed by atoms with Gasteiger partial charge < -0.3 is 5.11 Å². The standard InChI is InChI=1S/C7H13N3O3S/c1-2-14(12,13)4-3-10-5-7(6-11)8-9-10/h5,11H,2-4,6H2,1H3. The molecular formula is C7H13N3O3S. The van der Waals surface area contributed by atoms with Gasteiger partial charge in [-0.25, -0.2) is 8.42 Å². The molecule has 0 saturated carbocycles. The Morgan fingerprint density at radius 2 is 2.29 bits per heavy atom. The molecule has 1 aromatic heterocycles. The molecule has 0 saturated heterocycles. The van der Waals surface area contributed by atoms with Crippen LogP contribution in [0.5, 0.6) is 0 Å². The number of hydrogen-bond donors (Lipinski definition) is 1. The summed E-state index contributed by atoms with van der Waals surface area (Å²) < 4.78 is 23.7. The second kappa shape index (κ2) is 4.52. The molecule has 0 aliphatic rings. The predicted molar refractivity (Wildman–Crippen MR) is 50.3 cm³/mol. The fourth-order valence-corrected chi connectivity index (χ4v) is 1.65. The van der Waals surface area contributed by atoms with Crippen molar-refractivity contribution in [3.05, 3.63) is 11.9 Å². The van der Waals surface area contributed by atoms with E-state index in [2.05, 4.69) is 10.3 Å². The Bertz CT molecular complexity index is 385. The van der Waals surface area contributed by atoms with Gasteiger partial charge in [0.1, 0.15) is 5.69 Å². The Labute approximate surface area is 82.5 Å². The first kappa shape index (κ1) is 11.1. The van der Waals surface area contributed by atoms with Crippen LogP contribution in [-0.4, -0.2) is 40.0 Å². The van der Waals surface area contributed by atoms with Gasteiger partial charge in [-0.2, -0.15) is 0 Å². The van der Waals surface area contributed by atoms with Gasteiger partial charge in [0.25, 0.3) is 0 Å². The van der Waals surface area contributed by atoms with Crippen LogP contribution in [0.4, 0.5) is 0 Å². The maximum atomic E-state index is 11.1. The lowest BCUT2D eigenvalue weighted by Gasteiger charge is -1.99. The molecule has 80 valence electrons. The smallest absolute Gasteiger partial charge is 0.151 e. The minimum atomic E-state index is -2.97. The Balaban J connectivity index is 2.54. The average molecular weight is 219 g/mol. The second-order valence-electron chi connectivity index (χ2n) is 2.87. The summed E-state index contributed by atoms with van der Waals surface area (Å²) >= 11 is 0. The first-order valence-electron chi connectivity index (χ1n) is 4.27. The minimum absolute atomic E-state index is 0.0533. The van der Waals surface area contributed by atoms with Gasteiger partial charge in [0.15, 0.2) is 9.84 Å². The summed E-state index contributed by atoms with van der Waals surface area (Å²) in [5.41, 5.74) is 0.443. The fraction of sp³-hybridized carbons (Fsp3) is 0.714. The average Bonchev–Trinajstić information content (AvgIpc) is 2.63. The molecule has 0 radical (unpaired) electrons. The van der Waals surface area contributed by atoms with Gasteiger partial charge in [0.05, 0.1) is 25.1 Å². The molecule has 1 rings (SSSR count). The highest BCUT2D eigenvalue weighted by atomic mass is 32.2. The topological polar surface area (TPSA) is 85.1 Å². The maximum Gasteiger partial charge on any atom is 0.151 e. The Morgan fingerprint density at radius 3 is 2.79 bits per heavy atom. The normalized spacial score (nSPS) is 11.9. The molecule has 0 aliphatic heterocycles. The zero-order chi connectivity index (χ0) is 10.6. The fourth-order valence-electron chi connectivity index (χ4n) is 0.897. The lowest BCUT2D eigenvalue weighted by atomic mass is 10.5. The van der Waals surface area contributed by atoms with E-state index >= 15 is 0 Å². The van der Waals surface area contributed by atoms with Gasteiger partial charge in [0, 0.05) is 5.75 Å². The third kappa shape index (κ3) is 3.08. The van der Waals surface area contributed by atoms with E-state index in [-0.39, 0.29) is 24.7 Å². The SMILES string of the molecule is CCS(=O)(=O)CCn1cc(CO)nn1. The first-order valence-corrected chi connectivity index (χ1v) is 6.10. The molecular weight excluding hydrogens is 206 g/mol. The molecule has 7 heteroatoms. The molecule has 1 aromatic rings. The number of sulfone groups is 1. The van der Waals surface area contributed by atoms with Crippen LogP contribution in [0.25, 0.3) is 0 Å². The van der Waals surface area contributed by atoms with Gasteiger partial charge >= 0.3 is 0 Å². The summed E-state index contributed by atoms with van der Waals surface area (Å²) in [7, 11) is -2.97. The van der Waals surface area contributed by atoms with E-state index in [9.17, 15) is 8.42 Å². The van der Waals surface area contributed by atoms with Crippen molar-refractivity contribution in [2.45, 2.75) is 20.1 Å². The van der Waals surface area contributed by atoms with Crippen LogP contribution in [0.3, 0.4) is 0 Å². The molecule has 6 nitrogen and oxygen atoms in total. The third-order valence-electron chi connectivity index (χ3n) is 1.82. The van der Waals surface area contributed by atoms with E-state index in [1.54, 1.807) is 6.92 Å². The highest BCUT2D eigenvalue weighted by Crippen LogP contribution is 1.95. The van der Waals surface area contributed by atoms with Crippen molar-refractivity contribution in [1.82, 2.24) is 15.0 Å². The molecule has 0 aromatic carbocycles. The zero-order valence-corrected chi connectivity index (χ0v) is 8.74. The van der Waals surface area contributed by atoms with Gasteiger partial charge in [-0.1, -0.05) is 12.1 Å². The van der Waals surface area contributed by atoms with Crippen molar-refractivity contribution in [3.63, 3.8) is 0 Å². The molecule has 1 heterocycles. The molecule has 0 amide bonds. The Hall–Kier alpha value is -0.950. The maximum absolute atomic E-state index is 11.1. The zero-order valence-electron chi connectivity index (χ0n) is 7.92. The number of nitrogens with zero attached hydrogens (tertiary/aromatic N) is 3. The number of aryl methyl sites for hydroxylation is 1. The Kier molecular flexibility index (Phi) is 3.59. The highest BCUT2D eigenvalue weighted by molar-refractivity contribution is 7.91. The van der Waals surface area contributed by atoms with Crippen molar-refractivity contribution in [1.29, 1.82) is 0 Å². The molecule has 0 unspecified atom stereocenters. The van der Waals surface area contributed by atoms with Crippen LogP contribution in [0.1, 0.15) is 12.6 Å². The van der Waals surface area contributed by atoms with Gasteiger partial charge in [0.2, 0.25) is 0 Å². The molecule has 0 aliphatic carbocycles. The lowest BCUT2D eigenvalue weighted by Crippen LogP contribution is -2.14. The lowest BCUT2D eigenvalue weighted by molar-refractivity contribution is 0.276.